The van der Waals surface area contributed by atoms with E-state index in [1.165, 1.54) is 11.1 Å². The molecule has 2 aromatic rings. The van der Waals surface area contributed by atoms with E-state index in [4.69, 9.17) is 5.73 Å². The third kappa shape index (κ3) is 4.47. The molecule has 1 aliphatic heterocycles. The molecule has 0 spiro atoms. The van der Waals surface area contributed by atoms with Gasteiger partial charge >= 0.3 is 0 Å². The third-order valence-electron chi connectivity index (χ3n) is 4.76. The smallest absolute Gasteiger partial charge is 0.224 e. The van der Waals surface area contributed by atoms with Crippen LogP contribution < -0.4 is 5.73 Å². The molecule has 2 N–H and O–H groups in total. The fourth-order valence-electron chi connectivity index (χ4n) is 3.52. The largest absolute Gasteiger partial charge is 0.340 e. The lowest BCUT2D eigenvalue weighted by Crippen LogP contribution is -2.50. The molecule has 132 valence electrons. The summed E-state index contributed by atoms with van der Waals surface area (Å²) in [5.74, 6) is 0.172. The fraction of sp³-hybridized carbons (Fsp3) is 0.381. The van der Waals surface area contributed by atoms with E-state index < -0.39 is 0 Å². The average Bonchev–Trinajstić information content (AvgIpc) is 2.64. The molecule has 1 unspecified atom stereocenters. The summed E-state index contributed by atoms with van der Waals surface area (Å²) >= 11 is 0. The summed E-state index contributed by atoms with van der Waals surface area (Å²) in [4.78, 5) is 16.7. The second-order valence-electron chi connectivity index (χ2n) is 6.82. The van der Waals surface area contributed by atoms with Crippen LogP contribution in [0.15, 0.2) is 60.7 Å². The first kappa shape index (κ1) is 17.6. The number of rotatable bonds is 5. The predicted molar refractivity (Wildman–Crippen MR) is 101 cm³/mol. The highest BCUT2D eigenvalue weighted by Crippen LogP contribution is 2.29. The number of carbonyl (C=O) groups excluding carboxylic acids is 1. The highest BCUT2D eigenvalue weighted by molar-refractivity contribution is 5.76. The molecule has 25 heavy (non-hydrogen) atoms. The Hall–Kier alpha value is -2.17. The topological polar surface area (TPSA) is 49.6 Å². The van der Waals surface area contributed by atoms with Crippen LogP contribution in [0.25, 0.3) is 0 Å². The molecule has 1 amide bonds. The Bertz CT molecular complexity index is 625. The minimum atomic E-state index is -0.0769. The van der Waals surface area contributed by atoms with Crippen LogP contribution in [-0.4, -0.2) is 47.9 Å². The summed E-state index contributed by atoms with van der Waals surface area (Å²) < 4.78 is 0. The van der Waals surface area contributed by atoms with Crippen molar-refractivity contribution in [2.24, 2.45) is 5.73 Å². The van der Waals surface area contributed by atoms with Crippen molar-refractivity contribution in [3.63, 3.8) is 0 Å². The van der Waals surface area contributed by atoms with Gasteiger partial charge in [-0.25, -0.2) is 0 Å². The number of nitrogens with zero attached hydrogens (tertiary/aromatic N) is 2. The molecule has 0 aromatic heterocycles. The van der Waals surface area contributed by atoms with Gasteiger partial charge in [-0.05, 0) is 18.1 Å². The van der Waals surface area contributed by atoms with Crippen LogP contribution in [-0.2, 0) is 4.79 Å². The zero-order chi connectivity index (χ0) is 17.6. The van der Waals surface area contributed by atoms with Crippen molar-refractivity contribution >= 4 is 5.91 Å². The number of amides is 1. The first-order chi connectivity index (χ1) is 12.1. The van der Waals surface area contributed by atoms with E-state index in [9.17, 15) is 4.79 Å². The number of hydrogen-bond acceptors (Lipinski definition) is 3. The Morgan fingerprint density at radius 1 is 0.920 bits per heavy atom. The molecule has 0 radical (unpaired) electrons. The van der Waals surface area contributed by atoms with E-state index in [0.717, 1.165) is 26.2 Å². The second kappa shape index (κ2) is 8.28. The van der Waals surface area contributed by atoms with Crippen molar-refractivity contribution in [3.8, 4) is 0 Å². The maximum Gasteiger partial charge on any atom is 0.224 e. The SMILES string of the molecule is CC(N)CC(=O)N1CCN(C(c2ccccc2)c2ccccc2)CC1. The van der Waals surface area contributed by atoms with E-state index in [1.807, 2.05) is 11.8 Å². The van der Waals surface area contributed by atoms with Gasteiger partial charge in [0.1, 0.15) is 0 Å². The first-order valence-corrected chi connectivity index (χ1v) is 9.02. The Labute approximate surface area is 150 Å². The Kier molecular flexibility index (Phi) is 5.84. The fourth-order valence-corrected chi connectivity index (χ4v) is 3.52. The van der Waals surface area contributed by atoms with Gasteiger partial charge in [0.05, 0.1) is 6.04 Å². The highest BCUT2D eigenvalue weighted by atomic mass is 16.2. The zero-order valence-electron chi connectivity index (χ0n) is 14.8. The molecule has 0 saturated carbocycles. The van der Waals surface area contributed by atoms with Gasteiger partial charge in [0.15, 0.2) is 0 Å². The molecule has 1 fully saturated rings. The van der Waals surface area contributed by atoms with Gasteiger partial charge < -0.3 is 10.6 Å². The summed E-state index contributed by atoms with van der Waals surface area (Å²) in [5, 5.41) is 0. The molecule has 0 bridgehead atoms. The van der Waals surface area contributed by atoms with Crippen LogP contribution in [0, 0.1) is 0 Å². The Morgan fingerprint density at radius 2 is 1.40 bits per heavy atom. The predicted octanol–water partition coefficient (Wildman–Crippen LogP) is 2.66. The van der Waals surface area contributed by atoms with Crippen LogP contribution in [0.5, 0.6) is 0 Å². The first-order valence-electron chi connectivity index (χ1n) is 9.02. The summed E-state index contributed by atoms with van der Waals surface area (Å²) in [6.45, 7) is 5.16. The molecule has 1 heterocycles. The minimum absolute atomic E-state index is 0.0769. The van der Waals surface area contributed by atoms with Crippen LogP contribution in [0.3, 0.4) is 0 Å². The number of piperazine rings is 1. The van der Waals surface area contributed by atoms with Crippen LogP contribution in [0.4, 0.5) is 0 Å². The molecule has 4 heteroatoms. The lowest BCUT2D eigenvalue weighted by molar-refractivity contribution is -0.133. The van der Waals surface area contributed by atoms with Gasteiger partial charge in [0, 0.05) is 38.6 Å². The summed E-state index contributed by atoms with van der Waals surface area (Å²) in [7, 11) is 0. The second-order valence-corrected chi connectivity index (χ2v) is 6.82. The molecule has 2 aromatic carbocycles. The Balaban J connectivity index is 1.75. The van der Waals surface area contributed by atoms with Crippen LogP contribution in [0.2, 0.25) is 0 Å². The number of benzene rings is 2. The van der Waals surface area contributed by atoms with Gasteiger partial charge in [-0.1, -0.05) is 60.7 Å². The van der Waals surface area contributed by atoms with Gasteiger partial charge in [-0.15, -0.1) is 0 Å². The molecule has 1 saturated heterocycles. The van der Waals surface area contributed by atoms with Gasteiger partial charge in [0.2, 0.25) is 5.91 Å². The summed E-state index contributed by atoms with van der Waals surface area (Å²) in [6.07, 6.45) is 0.431. The maximum absolute atomic E-state index is 12.3. The minimum Gasteiger partial charge on any atom is -0.340 e. The van der Waals surface area contributed by atoms with Crippen LogP contribution in [0.1, 0.15) is 30.5 Å². The van der Waals surface area contributed by atoms with Gasteiger partial charge in [-0.2, -0.15) is 0 Å². The standard InChI is InChI=1S/C21H27N3O/c1-17(22)16-20(25)23-12-14-24(15-13-23)21(18-8-4-2-5-9-18)19-10-6-3-7-11-19/h2-11,17,21H,12-16,22H2,1H3. The zero-order valence-corrected chi connectivity index (χ0v) is 14.8. The lowest BCUT2D eigenvalue weighted by atomic mass is 9.96. The van der Waals surface area contributed by atoms with E-state index in [0.29, 0.717) is 6.42 Å². The number of nitrogens with two attached hydrogens (primary N) is 1. The molecule has 0 aliphatic carbocycles. The normalized spacial score (nSPS) is 16.8. The van der Waals surface area contributed by atoms with Gasteiger partial charge in [0.25, 0.3) is 0 Å². The van der Waals surface area contributed by atoms with Crippen molar-refractivity contribution < 1.29 is 4.79 Å². The maximum atomic E-state index is 12.3. The number of carbonyl (C=O) groups is 1. The average molecular weight is 337 g/mol. The van der Waals surface area contributed by atoms with E-state index in [-0.39, 0.29) is 18.0 Å². The van der Waals surface area contributed by atoms with Crippen molar-refractivity contribution in [2.75, 3.05) is 26.2 Å². The summed E-state index contributed by atoms with van der Waals surface area (Å²) in [6, 6.07) is 21.4. The van der Waals surface area contributed by atoms with E-state index >= 15 is 0 Å². The lowest BCUT2D eigenvalue weighted by Gasteiger charge is -2.40. The molecular weight excluding hydrogens is 310 g/mol. The monoisotopic (exact) mass is 337 g/mol. The highest BCUT2D eigenvalue weighted by Gasteiger charge is 2.28. The van der Waals surface area contributed by atoms with E-state index in [2.05, 4.69) is 65.6 Å². The molecule has 1 atom stereocenters. The van der Waals surface area contributed by atoms with Crippen molar-refractivity contribution in [1.29, 1.82) is 0 Å². The molecule has 1 aliphatic rings. The van der Waals surface area contributed by atoms with Gasteiger partial charge in [-0.3, -0.25) is 9.69 Å². The van der Waals surface area contributed by atoms with E-state index in [1.54, 1.807) is 0 Å². The molecule has 3 rings (SSSR count). The number of hydrogen-bond donors (Lipinski definition) is 1. The van der Waals surface area contributed by atoms with Crippen molar-refractivity contribution in [2.45, 2.75) is 25.4 Å². The molecule has 4 nitrogen and oxygen atoms in total. The van der Waals surface area contributed by atoms with Crippen LogP contribution >= 0.6 is 0 Å². The molecular formula is C21H27N3O. The van der Waals surface area contributed by atoms with Crippen molar-refractivity contribution in [1.82, 2.24) is 9.80 Å². The quantitative estimate of drug-likeness (QED) is 0.912. The van der Waals surface area contributed by atoms with Crippen molar-refractivity contribution in [3.05, 3.63) is 71.8 Å². The third-order valence-corrected chi connectivity index (χ3v) is 4.76. The summed E-state index contributed by atoms with van der Waals surface area (Å²) in [5.41, 5.74) is 8.36. The Morgan fingerprint density at radius 3 is 1.84 bits per heavy atom.